The summed E-state index contributed by atoms with van der Waals surface area (Å²) in [6, 6.07) is 5.70. The van der Waals surface area contributed by atoms with E-state index in [-0.39, 0.29) is 18.2 Å². The summed E-state index contributed by atoms with van der Waals surface area (Å²) < 4.78 is 31.7. The number of benzene rings is 1. The normalized spacial score (nSPS) is 10.4. The molecule has 0 unspecified atom stereocenters. The Morgan fingerprint density at radius 2 is 2.06 bits per heavy atom. The van der Waals surface area contributed by atoms with Crippen LogP contribution in [0, 0.1) is 18.6 Å². The number of nitrogens with two attached hydrogens (primary N) is 1. The highest BCUT2D eigenvalue weighted by atomic mass is 19.1. The smallest absolute Gasteiger partial charge is 0.223 e. The molecule has 0 saturated heterocycles. The number of hydrogen-bond acceptors (Lipinski definition) is 3. The number of halogens is 2. The van der Waals surface area contributed by atoms with E-state index in [2.05, 4.69) is 4.98 Å². The molecule has 0 aliphatic carbocycles. The largest absolute Gasteiger partial charge is 0.439 e. The van der Waals surface area contributed by atoms with Crippen molar-refractivity contribution in [2.75, 3.05) is 0 Å². The fourth-order valence-electron chi connectivity index (χ4n) is 1.46. The monoisotopic (exact) mass is 250 g/mol. The number of rotatable bonds is 3. The molecule has 0 atom stereocenters. The molecule has 5 heteroatoms. The minimum absolute atomic E-state index is 0.0917. The quantitative estimate of drug-likeness (QED) is 0.911. The molecule has 0 spiro atoms. The molecule has 0 aliphatic rings. The SMILES string of the molecule is Cc1ccc(Oc2ncc(F)cc2CN)cc1F. The maximum atomic E-state index is 13.3. The summed E-state index contributed by atoms with van der Waals surface area (Å²) in [7, 11) is 0. The van der Waals surface area contributed by atoms with Gasteiger partial charge in [-0.05, 0) is 24.6 Å². The van der Waals surface area contributed by atoms with Crippen molar-refractivity contribution in [2.24, 2.45) is 5.73 Å². The Kier molecular flexibility index (Phi) is 3.53. The molecule has 0 saturated carbocycles. The molecule has 0 aliphatic heterocycles. The number of aromatic nitrogens is 1. The van der Waals surface area contributed by atoms with Crippen molar-refractivity contribution >= 4 is 0 Å². The van der Waals surface area contributed by atoms with Gasteiger partial charge in [0.25, 0.3) is 0 Å². The summed E-state index contributed by atoms with van der Waals surface area (Å²) in [6.45, 7) is 1.75. The second-order valence-corrected chi connectivity index (χ2v) is 3.83. The summed E-state index contributed by atoms with van der Waals surface area (Å²) in [5, 5.41) is 0. The van der Waals surface area contributed by atoms with Gasteiger partial charge in [0, 0.05) is 18.2 Å². The molecule has 3 nitrogen and oxygen atoms in total. The van der Waals surface area contributed by atoms with Crippen LogP contribution in [0.1, 0.15) is 11.1 Å². The molecule has 94 valence electrons. The molecule has 18 heavy (non-hydrogen) atoms. The summed E-state index contributed by atoms with van der Waals surface area (Å²) in [5.41, 5.74) is 6.42. The van der Waals surface area contributed by atoms with Gasteiger partial charge in [0.1, 0.15) is 17.4 Å². The van der Waals surface area contributed by atoms with Gasteiger partial charge in [-0.3, -0.25) is 0 Å². The van der Waals surface area contributed by atoms with Crippen LogP contribution >= 0.6 is 0 Å². The lowest BCUT2D eigenvalue weighted by molar-refractivity contribution is 0.447. The second kappa shape index (κ2) is 5.10. The molecule has 2 rings (SSSR count). The molecule has 0 fully saturated rings. The Morgan fingerprint density at radius 1 is 1.28 bits per heavy atom. The summed E-state index contributed by atoms with van der Waals surface area (Å²) in [5.74, 6) is -0.379. The molecule has 2 aromatic rings. The predicted molar refractivity (Wildman–Crippen MR) is 63.3 cm³/mol. The minimum Gasteiger partial charge on any atom is -0.439 e. The number of aryl methyl sites for hydroxylation is 1. The van der Waals surface area contributed by atoms with Crippen molar-refractivity contribution in [3.05, 3.63) is 53.2 Å². The molecule has 1 aromatic heterocycles. The molecule has 0 radical (unpaired) electrons. The van der Waals surface area contributed by atoms with E-state index < -0.39 is 5.82 Å². The van der Waals surface area contributed by atoms with Crippen LogP contribution in [0.15, 0.2) is 30.5 Å². The lowest BCUT2D eigenvalue weighted by Gasteiger charge is -2.09. The lowest BCUT2D eigenvalue weighted by Crippen LogP contribution is -2.02. The Morgan fingerprint density at radius 3 is 2.72 bits per heavy atom. The van der Waals surface area contributed by atoms with Crippen LogP contribution in [0.2, 0.25) is 0 Å². The van der Waals surface area contributed by atoms with Gasteiger partial charge in [-0.25, -0.2) is 13.8 Å². The van der Waals surface area contributed by atoms with E-state index in [0.29, 0.717) is 16.9 Å². The molecule has 2 N–H and O–H groups in total. The van der Waals surface area contributed by atoms with Crippen LogP contribution in [0.3, 0.4) is 0 Å². The topological polar surface area (TPSA) is 48.1 Å². The van der Waals surface area contributed by atoms with Gasteiger partial charge in [-0.2, -0.15) is 0 Å². The van der Waals surface area contributed by atoms with Gasteiger partial charge in [0.05, 0.1) is 6.20 Å². The minimum atomic E-state index is -0.488. The van der Waals surface area contributed by atoms with E-state index in [4.69, 9.17) is 10.5 Å². The molecular weight excluding hydrogens is 238 g/mol. The first-order valence-corrected chi connectivity index (χ1v) is 5.38. The van der Waals surface area contributed by atoms with Gasteiger partial charge in [-0.1, -0.05) is 6.07 Å². The fourth-order valence-corrected chi connectivity index (χ4v) is 1.46. The van der Waals surface area contributed by atoms with Crippen LogP contribution in [-0.4, -0.2) is 4.98 Å². The number of hydrogen-bond donors (Lipinski definition) is 1. The highest BCUT2D eigenvalue weighted by Crippen LogP contribution is 2.24. The third-order valence-electron chi connectivity index (χ3n) is 2.47. The highest BCUT2D eigenvalue weighted by Gasteiger charge is 2.08. The molecule has 1 heterocycles. The molecular formula is C13H12F2N2O. The third kappa shape index (κ3) is 2.62. The van der Waals surface area contributed by atoms with E-state index >= 15 is 0 Å². The van der Waals surface area contributed by atoms with Crippen molar-refractivity contribution in [3.63, 3.8) is 0 Å². The average molecular weight is 250 g/mol. The van der Waals surface area contributed by atoms with E-state index in [0.717, 1.165) is 6.20 Å². The molecule has 0 amide bonds. The number of ether oxygens (including phenoxy) is 1. The Bertz CT molecular complexity index is 573. The van der Waals surface area contributed by atoms with Crippen molar-refractivity contribution in [1.29, 1.82) is 0 Å². The van der Waals surface area contributed by atoms with Crippen LogP contribution in [-0.2, 0) is 6.54 Å². The van der Waals surface area contributed by atoms with Gasteiger partial charge in [-0.15, -0.1) is 0 Å². The molecule has 0 bridgehead atoms. The van der Waals surface area contributed by atoms with E-state index in [1.165, 1.54) is 12.1 Å². The van der Waals surface area contributed by atoms with Gasteiger partial charge < -0.3 is 10.5 Å². The first kappa shape index (κ1) is 12.4. The first-order valence-electron chi connectivity index (χ1n) is 5.38. The van der Waals surface area contributed by atoms with Crippen LogP contribution in [0.5, 0.6) is 11.6 Å². The van der Waals surface area contributed by atoms with Crippen LogP contribution in [0.4, 0.5) is 8.78 Å². The zero-order valence-corrected chi connectivity index (χ0v) is 9.78. The Hall–Kier alpha value is -2.01. The highest BCUT2D eigenvalue weighted by molar-refractivity contribution is 5.34. The van der Waals surface area contributed by atoms with Crippen molar-refractivity contribution < 1.29 is 13.5 Å². The first-order chi connectivity index (χ1) is 8.60. The van der Waals surface area contributed by atoms with Crippen molar-refractivity contribution in [1.82, 2.24) is 4.98 Å². The predicted octanol–water partition coefficient (Wildman–Crippen LogP) is 2.92. The van der Waals surface area contributed by atoms with Crippen LogP contribution < -0.4 is 10.5 Å². The zero-order valence-electron chi connectivity index (χ0n) is 9.78. The average Bonchev–Trinajstić information content (AvgIpc) is 2.36. The van der Waals surface area contributed by atoms with E-state index in [1.807, 2.05) is 0 Å². The summed E-state index contributed by atoms with van der Waals surface area (Å²) in [4.78, 5) is 3.80. The van der Waals surface area contributed by atoms with Crippen LogP contribution in [0.25, 0.3) is 0 Å². The lowest BCUT2D eigenvalue weighted by atomic mass is 10.2. The summed E-state index contributed by atoms with van der Waals surface area (Å²) >= 11 is 0. The number of pyridine rings is 1. The van der Waals surface area contributed by atoms with E-state index in [1.54, 1.807) is 19.1 Å². The Labute approximate surface area is 103 Å². The van der Waals surface area contributed by atoms with Gasteiger partial charge in [0.15, 0.2) is 0 Å². The fraction of sp³-hybridized carbons (Fsp3) is 0.154. The van der Waals surface area contributed by atoms with Gasteiger partial charge >= 0.3 is 0 Å². The maximum absolute atomic E-state index is 13.3. The summed E-state index contributed by atoms with van der Waals surface area (Å²) in [6.07, 6.45) is 1.03. The second-order valence-electron chi connectivity index (χ2n) is 3.83. The zero-order chi connectivity index (χ0) is 13.1. The van der Waals surface area contributed by atoms with Crippen molar-refractivity contribution in [2.45, 2.75) is 13.5 Å². The molecule has 1 aromatic carbocycles. The standard InChI is InChI=1S/C13H12F2N2O/c1-8-2-3-11(5-12(8)15)18-13-9(6-16)4-10(14)7-17-13/h2-5,7H,6,16H2,1H3. The van der Waals surface area contributed by atoms with Crippen molar-refractivity contribution in [3.8, 4) is 11.6 Å². The number of nitrogens with zero attached hydrogens (tertiary/aromatic N) is 1. The van der Waals surface area contributed by atoms with Gasteiger partial charge in [0.2, 0.25) is 5.88 Å². The van der Waals surface area contributed by atoms with E-state index in [9.17, 15) is 8.78 Å². The Balaban J connectivity index is 2.30. The maximum Gasteiger partial charge on any atom is 0.223 e. The third-order valence-corrected chi connectivity index (χ3v) is 2.47.